The molecule has 2 aromatic carbocycles. The van der Waals surface area contributed by atoms with Gasteiger partial charge < -0.3 is 9.47 Å². The van der Waals surface area contributed by atoms with Crippen LogP contribution in [0.15, 0.2) is 47.4 Å². The smallest absolute Gasteiger partial charge is 0.270 e. The second kappa shape index (κ2) is 7.49. The predicted molar refractivity (Wildman–Crippen MR) is 91.4 cm³/mol. The molecule has 0 aliphatic heterocycles. The largest absolute Gasteiger partial charge is 0.497 e. The zero-order chi connectivity index (χ0) is 18.6. The highest BCUT2D eigenvalue weighted by Gasteiger charge is 2.22. The Hall–Kier alpha value is -2.65. The third-order valence-electron chi connectivity index (χ3n) is 3.57. The van der Waals surface area contributed by atoms with Gasteiger partial charge in [0.2, 0.25) is 10.0 Å². The summed E-state index contributed by atoms with van der Waals surface area (Å²) in [6.45, 7) is 1.65. The van der Waals surface area contributed by atoms with E-state index in [-0.39, 0.29) is 10.6 Å². The summed E-state index contributed by atoms with van der Waals surface area (Å²) in [6, 6.07) is 9.25. The van der Waals surface area contributed by atoms with Crippen molar-refractivity contribution in [3.63, 3.8) is 0 Å². The van der Waals surface area contributed by atoms with Crippen LogP contribution in [0.3, 0.4) is 0 Å². The summed E-state index contributed by atoms with van der Waals surface area (Å²) in [4.78, 5) is 10.0. The maximum Gasteiger partial charge on any atom is 0.270 e. The number of non-ortho nitro benzene ring substituents is 1. The van der Waals surface area contributed by atoms with E-state index in [9.17, 15) is 18.5 Å². The third-order valence-corrected chi connectivity index (χ3v) is 5.11. The summed E-state index contributed by atoms with van der Waals surface area (Å²) in [6.07, 6.45) is 0. The van der Waals surface area contributed by atoms with Crippen LogP contribution in [-0.2, 0) is 10.0 Å². The van der Waals surface area contributed by atoms with Crippen LogP contribution in [0.2, 0.25) is 0 Å². The Morgan fingerprint density at radius 3 is 2.44 bits per heavy atom. The molecule has 134 valence electrons. The van der Waals surface area contributed by atoms with Crippen LogP contribution in [0.4, 0.5) is 5.69 Å². The van der Waals surface area contributed by atoms with E-state index in [4.69, 9.17) is 9.47 Å². The molecule has 1 N–H and O–H groups in total. The molecule has 0 aliphatic carbocycles. The van der Waals surface area contributed by atoms with Crippen molar-refractivity contribution in [1.29, 1.82) is 0 Å². The number of ether oxygens (including phenoxy) is 2. The second-order valence-corrected chi connectivity index (χ2v) is 6.92. The number of benzene rings is 2. The van der Waals surface area contributed by atoms with Crippen molar-refractivity contribution in [3.8, 4) is 11.5 Å². The van der Waals surface area contributed by atoms with Gasteiger partial charge in [-0.25, -0.2) is 13.1 Å². The Bertz CT molecular complexity index is 882. The second-order valence-electron chi connectivity index (χ2n) is 5.21. The van der Waals surface area contributed by atoms with Crippen LogP contribution in [0.5, 0.6) is 11.5 Å². The standard InChI is InChI=1S/C16H18N2O6S/c1-11(15-10-13(23-2)7-8-16(15)24-3)17-25(21,22)14-6-4-5-12(9-14)18(19)20/h4-11,17H,1-3H3/t11-/m1/s1. The van der Waals surface area contributed by atoms with Gasteiger partial charge in [-0.05, 0) is 31.2 Å². The van der Waals surface area contributed by atoms with Crippen molar-refractivity contribution in [2.75, 3.05) is 14.2 Å². The number of hydrogen-bond donors (Lipinski definition) is 1. The zero-order valence-electron chi connectivity index (χ0n) is 13.9. The molecule has 25 heavy (non-hydrogen) atoms. The van der Waals surface area contributed by atoms with Crippen molar-refractivity contribution in [3.05, 3.63) is 58.1 Å². The number of nitrogens with zero attached hydrogens (tertiary/aromatic N) is 1. The van der Waals surface area contributed by atoms with Crippen molar-refractivity contribution >= 4 is 15.7 Å². The van der Waals surface area contributed by atoms with Crippen molar-refractivity contribution in [1.82, 2.24) is 4.72 Å². The zero-order valence-corrected chi connectivity index (χ0v) is 14.7. The molecule has 0 amide bonds. The van der Waals surface area contributed by atoms with Gasteiger partial charge in [-0.2, -0.15) is 0 Å². The minimum Gasteiger partial charge on any atom is -0.497 e. The number of nitro benzene ring substituents is 1. The SMILES string of the molecule is COc1ccc(OC)c([C@@H](C)NS(=O)(=O)c2cccc([N+](=O)[O-])c2)c1. The predicted octanol–water partition coefficient (Wildman–Crippen LogP) is 2.65. The highest BCUT2D eigenvalue weighted by molar-refractivity contribution is 7.89. The fourth-order valence-electron chi connectivity index (χ4n) is 2.31. The van der Waals surface area contributed by atoms with Gasteiger partial charge in [0.1, 0.15) is 11.5 Å². The van der Waals surface area contributed by atoms with E-state index in [1.807, 2.05) is 0 Å². The van der Waals surface area contributed by atoms with Crippen LogP contribution in [0.25, 0.3) is 0 Å². The van der Waals surface area contributed by atoms with E-state index >= 15 is 0 Å². The van der Waals surface area contributed by atoms with Gasteiger partial charge in [-0.15, -0.1) is 0 Å². The lowest BCUT2D eigenvalue weighted by Crippen LogP contribution is -2.27. The average Bonchev–Trinajstić information content (AvgIpc) is 2.60. The first-order valence-corrected chi connectivity index (χ1v) is 8.75. The van der Waals surface area contributed by atoms with E-state index in [0.29, 0.717) is 17.1 Å². The average molecular weight is 366 g/mol. The minimum atomic E-state index is -3.96. The molecule has 0 bridgehead atoms. The highest BCUT2D eigenvalue weighted by atomic mass is 32.2. The molecule has 8 nitrogen and oxygen atoms in total. The first-order chi connectivity index (χ1) is 11.8. The minimum absolute atomic E-state index is 0.185. The lowest BCUT2D eigenvalue weighted by molar-refractivity contribution is -0.385. The van der Waals surface area contributed by atoms with Gasteiger partial charge >= 0.3 is 0 Å². The molecule has 0 unspecified atom stereocenters. The van der Waals surface area contributed by atoms with Gasteiger partial charge in [-0.1, -0.05) is 6.07 Å². The number of sulfonamides is 1. The lowest BCUT2D eigenvalue weighted by atomic mass is 10.1. The molecular formula is C16H18N2O6S. The van der Waals surface area contributed by atoms with Crippen LogP contribution in [-0.4, -0.2) is 27.6 Å². The summed E-state index contributed by atoms with van der Waals surface area (Å²) in [5.41, 5.74) is 0.283. The molecule has 0 aliphatic rings. The Morgan fingerprint density at radius 1 is 1.12 bits per heavy atom. The molecule has 2 aromatic rings. The fraction of sp³-hybridized carbons (Fsp3) is 0.250. The van der Waals surface area contributed by atoms with Gasteiger partial charge in [0.25, 0.3) is 5.69 Å². The van der Waals surface area contributed by atoms with E-state index in [0.717, 1.165) is 6.07 Å². The Labute approximate surface area is 145 Å². The summed E-state index contributed by atoms with van der Waals surface area (Å²) < 4.78 is 38.0. The van der Waals surface area contributed by atoms with E-state index in [2.05, 4.69) is 4.72 Å². The summed E-state index contributed by atoms with van der Waals surface area (Å²) in [5.74, 6) is 1.05. The number of methoxy groups -OCH3 is 2. The van der Waals surface area contributed by atoms with Crippen LogP contribution < -0.4 is 14.2 Å². The van der Waals surface area contributed by atoms with Gasteiger partial charge in [0, 0.05) is 23.7 Å². The van der Waals surface area contributed by atoms with Crippen LogP contribution >= 0.6 is 0 Å². The molecule has 0 radical (unpaired) electrons. The highest BCUT2D eigenvalue weighted by Crippen LogP contribution is 2.30. The molecule has 0 spiro atoms. The topological polar surface area (TPSA) is 108 Å². The van der Waals surface area contributed by atoms with Crippen LogP contribution in [0.1, 0.15) is 18.5 Å². The molecular weight excluding hydrogens is 348 g/mol. The van der Waals surface area contributed by atoms with E-state index in [1.165, 1.54) is 32.4 Å². The quantitative estimate of drug-likeness (QED) is 0.596. The van der Waals surface area contributed by atoms with Crippen molar-refractivity contribution in [2.24, 2.45) is 0 Å². The Morgan fingerprint density at radius 2 is 1.84 bits per heavy atom. The first-order valence-electron chi connectivity index (χ1n) is 7.27. The summed E-state index contributed by atoms with van der Waals surface area (Å²) >= 11 is 0. The number of hydrogen-bond acceptors (Lipinski definition) is 6. The summed E-state index contributed by atoms with van der Waals surface area (Å²) in [7, 11) is -0.976. The molecule has 0 saturated heterocycles. The van der Waals surface area contributed by atoms with Crippen molar-refractivity contribution < 1.29 is 22.8 Å². The third kappa shape index (κ3) is 4.25. The maximum absolute atomic E-state index is 12.5. The molecule has 0 saturated carbocycles. The molecule has 0 heterocycles. The van der Waals surface area contributed by atoms with Crippen molar-refractivity contribution in [2.45, 2.75) is 17.9 Å². The molecule has 2 rings (SSSR count). The molecule has 1 atom stereocenters. The molecule has 0 fully saturated rings. The van der Waals surface area contributed by atoms with E-state index < -0.39 is 21.0 Å². The molecule has 0 aromatic heterocycles. The number of nitro groups is 1. The fourth-order valence-corrected chi connectivity index (χ4v) is 3.57. The molecule has 9 heteroatoms. The Balaban J connectivity index is 2.34. The summed E-state index contributed by atoms with van der Waals surface area (Å²) in [5, 5.41) is 10.8. The normalized spacial score (nSPS) is 12.4. The number of rotatable bonds is 7. The van der Waals surface area contributed by atoms with Gasteiger partial charge in [0.15, 0.2) is 0 Å². The van der Waals surface area contributed by atoms with E-state index in [1.54, 1.807) is 25.1 Å². The number of nitrogens with one attached hydrogen (secondary N) is 1. The Kier molecular flexibility index (Phi) is 5.60. The lowest BCUT2D eigenvalue weighted by Gasteiger charge is -2.18. The monoisotopic (exact) mass is 366 g/mol. The van der Waals surface area contributed by atoms with Crippen LogP contribution in [0, 0.1) is 10.1 Å². The van der Waals surface area contributed by atoms with Gasteiger partial charge in [-0.3, -0.25) is 10.1 Å². The first kappa shape index (κ1) is 18.7. The maximum atomic E-state index is 12.5. The van der Waals surface area contributed by atoms with Gasteiger partial charge in [0.05, 0.1) is 24.0 Å².